The molecule has 1 N–H and O–H groups in total. The number of carbonyl (C=O) groups is 4. The number of esters is 3. The van der Waals surface area contributed by atoms with Gasteiger partial charge in [0, 0.05) is 44.5 Å². The molecule has 0 spiro atoms. The van der Waals surface area contributed by atoms with E-state index in [4.69, 9.17) is 28.1 Å². The van der Waals surface area contributed by atoms with Crippen LogP contribution in [0.1, 0.15) is 27.7 Å². The maximum atomic E-state index is 12.2. The highest BCUT2D eigenvalue weighted by atomic mass is 32.1. The van der Waals surface area contributed by atoms with Crippen LogP contribution in [0.2, 0.25) is 0 Å². The van der Waals surface area contributed by atoms with E-state index in [2.05, 4.69) is 5.32 Å². The molecule has 0 aliphatic carbocycles. The third-order valence-electron chi connectivity index (χ3n) is 5.62. The third-order valence-corrected chi connectivity index (χ3v) is 6.39. The molecule has 1 fully saturated rings. The average Bonchev–Trinajstić information content (AvgIpc) is 3.21. The van der Waals surface area contributed by atoms with Crippen LogP contribution in [-0.2, 0) is 38.1 Å². The molecule has 1 aliphatic heterocycles. The number of ether oxygens (including phenoxy) is 5. The van der Waals surface area contributed by atoms with Gasteiger partial charge >= 0.3 is 22.8 Å². The zero-order valence-electron chi connectivity index (χ0n) is 20.9. The lowest BCUT2D eigenvalue weighted by Gasteiger charge is -2.44. The second-order valence-corrected chi connectivity index (χ2v) is 9.52. The van der Waals surface area contributed by atoms with E-state index in [1.54, 1.807) is 30.3 Å². The second-order valence-electron chi connectivity index (χ2n) is 8.54. The van der Waals surface area contributed by atoms with Crippen LogP contribution in [-0.4, -0.2) is 61.1 Å². The van der Waals surface area contributed by atoms with E-state index in [9.17, 15) is 24.0 Å². The maximum Gasteiger partial charge on any atom is 0.396 e. The highest BCUT2D eigenvalue weighted by Gasteiger charge is 2.52. The summed E-state index contributed by atoms with van der Waals surface area (Å²) < 4.78 is 34.2. The molecule has 0 saturated carbocycles. The van der Waals surface area contributed by atoms with Crippen LogP contribution in [0.25, 0.3) is 21.1 Å². The van der Waals surface area contributed by atoms with Gasteiger partial charge in [-0.3, -0.25) is 19.2 Å². The number of carbonyl (C=O) groups excluding carboxylic acids is 4. The monoisotopic (exact) mass is 547 g/mol. The Kier molecular flexibility index (Phi) is 7.97. The molecular formula is C25H25NO11S. The normalized spacial score (nSPS) is 23.0. The topological polar surface area (TPSA) is 157 Å². The Labute approximate surface area is 219 Å². The summed E-state index contributed by atoms with van der Waals surface area (Å²) in [7, 11) is 0. The zero-order valence-corrected chi connectivity index (χ0v) is 21.7. The SMILES string of the molecule is CC(=O)N[C@@H]1[C@H](Oc2cc3sc(=O)oc3c3ccccc23)O[C@H](COC(C)=O)[C@H](OC(C)=O)[C@@H]1OC(C)=O. The lowest BCUT2D eigenvalue weighted by atomic mass is 9.96. The van der Waals surface area contributed by atoms with E-state index in [0.717, 1.165) is 25.2 Å². The van der Waals surface area contributed by atoms with Gasteiger partial charge in [-0.25, -0.2) is 4.79 Å². The molecule has 202 valence electrons. The molecule has 2 heterocycles. The van der Waals surface area contributed by atoms with Gasteiger partial charge in [-0.1, -0.05) is 35.6 Å². The summed E-state index contributed by atoms with van der Waals surface area (Å²) >= 11 is 0.886. The van der Waals surface area contributed by atoms with Crippen molar-refractivity contribution < 1.29 is 47.3 Å². The predicted octanol–water partition coefficient (Wildman–Crippen LogP) is 2.04. The number of rotatable bonds is 7. The van der Waals surface area contributed by atoms with Crippen molar-refractivity contribution in [3.8, 4) is 5.75 Å². The summed E-state index contributed by atoms with van der Waals surface area (Å²) in [6, 6.07) is 7.50. The van der Waals surface area contributed by atoms with E-state index in [1.807, 2.05) is 0 Å². The Bertz CT molecular complexity index is 1440. The molecule has 38 heavy (non-hydrogen) atoms. The minimum atomic E-state index is -1.31. The Morgan fingerprint density at radius 3 is 2.24 bits per heavy atom. The molecule has 12 nitrogen and oxygen atoms in total. The van der Waals surface area contributed by atoms with E-state index in [0.29, 0.717) is 21.1 Å². The Balaban J connectivity index is 1.81. The van der Waals surface area contributed by atoms with Crippen LogP contribution in [0, 0.1) is 0 Å². The molecule has 3 aromatic rings. The third kappa shape index (κ3) is 5.94. The molecule has 1 aromatic heterocycles. The fourth-order valence-electron chi connectivity index (χ4n) is 4.28. The van der Waals surface area contributed by atoms with Gasteiger partial charge in [0.15, 0.2) is 17.8 Å². The van der Waals surface area contributed by atoms with Crippen molar-refractivity contribution in [1.29, 1.82) is 0 Å². The predicted molar refractivity (Wildman–Crippen MR) is 133 cm³/mol. The van der Waals surface area contributed by atoms with Crippen LogP contribution in [0.3, 0.4) is 0 Å². The number of amides is 1. The molecule has 0 radical (unpaired) electrons. The first-order valence-electron chi connectivity index (χ1n) is 11.6. The van der Waals surface area contributed by atoms with Crippen molar-refractivity contribution in [2.45, 2.75) is 58.3 Å². The number of nitrogens with one attached hydrogen (secondary N) is 1. The minimum Gasteiger partial charge on any atom is -0.463 e. The minimum absolute atomic E-state index is 0.282. The van der Waals surface area contributed by atoms with Crippen molar-refractivity contribution in [2.75, 3.05) is 6.61 Å². The molecule has 4 rings (SSSR count). The first-order valence-corrected chi connectivity index (χ1v) is 12.4. The highest BCUT2D eigenvalue weighted by molar-refractivity contribution is 7.16. The van der Waals surface area contributed by atoms with Crippen LogP contribution >= 0.6 is 11.3 Å². The largest absolute Gasteiger partial charge is 0.463 e. The van der Waals surface area contributed by atoms with Gasteiger partial charge in [-0.05, 0) is 0 Å². The number of benzene rings is 2. The van der Waals surface area contributed by atoms with E-state index in [1.165, 1.54) is 13.8 Å². The standard InChI is InChI=1S/C25H25NO11S/c1-11(27)26-20-23(34-14(4)30)22(33-13(3)29)18(10-32-12(2)28)36-24(20)35-17-9-19-21(37-25(31)38-19)16-8-6-5-7-15(16)17/h5-9,18,20,22-24H,10H2,1-4H3,(H,26,27)/t18-,20+,22+,23-,24-/m1/s1. The van der Waals surface area contributed by atoms with Crippen LogP contribution in [0.4, 0.5) is 0 Å². The van der Waals surface area contributed by atoms with Crippen molar-refractivity contribution in [3.05, 3.63) is 40.1 Å². The van der Waals surface area contributed by atoms with E-state index < -0.39 is 59.4 Å². The Hall–Kier alpha value is -3.97. The van der Waals surface area contributed by atoms with Gasteiger partial charge in [0.1, 0.15) is 24.5 Å². The summed E-state index contributed by atoms with van der Waals surface area (Å²) in [6.07, 6.45) is -4.94. The van der Waals surface area contributed by atoms with Crippen LogP contribution < -0.4 is 15.0 Å². The van der Waals surface area contributed by atoms with Crippen molar-refractivity contribution >= 4 is 56.2 Å². The molecule has 5 atom stereocenters. The molecule has 1 saturated heterocycles. The molecule has 1 amide bonds. The molecule has 2 aromatic carbocycles. The van der Waals surface area contributed by atoms with Crippen molar-refractivity contribution in [2.24, 2.45) is 0 Å². The summed E-state index contributed by atoms with van der Waals surface area (Å²) in [5, 5.41) is 3.84. The first-order chi connectivity index (χ1) is 18.0. The van der Waals surface area contributed by atoms with Gasteiger partial charge in [0.05, 0.1) is 4.70 Å². The lowest BCUT2D eigenvalue weighted by Crippen LogP contribution is -2.67. The first kappa shape index (κ1) is 27.1. The maximum absolute atomic E-state index is 12.2. The second kappa shape index (κ2) is 11.2. The van der Waals surface area contributed by atoms with Gasteiger partial charge in [0.2, 0.25) is 12.2 Å². The van der Waals surface area contributed by atoms with Crippen LogP contribution in [0.5, 0.6) is 5.75 Å². The highest BCUT2D eigenvalue weighted by Crippen LogP contribution is 2.37. The van der Waals surface area contributed by atoms with Crippen molar-refractivity contribution in [3.63, 3.8) is 0 Å². The number of fused-ring (bicyclic) bond motifs is 3. The molecule has 13 heteroatoms. The summed E-state index contributed by atoms with van der Waals surface area (Å²) in [6.45, 7) is 4.39. The van der Waals surface area contributed by atoms with Gasteiger partial charge in [-0.15, -0.1) is 0 Å². The number of hydrogen-bond acceptors (Lipinski definition) is 12. The molecular weight excluding hydrogens is 522 g/mol. The lowest BCUT2D eigenvalue weighted by molar-refractivity contribution is -0.256. The smallest absolute Gasteiger partial charge is 0.396 e. The number of hydrogen-bond donors (Lipinski definition) is 1. The summed E-state index contributed by atoms with van der Waals surface area (Å²) in [5.74, 6) is -2.27. The Morgan fingerprint density at radius 1 is 0.947 bits per heavy atom. The Morgan fingerprint density at radius 2 is 1.61 bits per heavy atom. The fraction of sp³-hybridized carbons (Fsp3) is 0.400. The fourth-order valence-corrected chi connectivity index (χ4v) is 4.99. The quantitative estimate of drug-likeness (QED) is 0.341. The summed E-state index contributed by atoms with van der Waals surface area (Å²) in [5.41, 5.74) is 0.395. The van der Waals surface area contributed by atoms with Gasteiger partial charge < -0.3 is 33.4 Å². The van der Waals surface area contributed by atoms with Crippen molar-refractivity contribution in [1.82, 2.24) is 5.32 Å². The average molecular weight is 548 g/mol. The summed E-state index contributed by atoms with van der Waals surface area (Å²) in [4.78, 5) is 59.1. The van der Waals surface area contributed by atoms with Gasteiger partial charge in [0.25, 0.3) is 0 Å². The van der Waals surface area contributed by atoms with E-state index >= 15 is 0 Å². The zero-order chi connectivity index (χ0) is 27.6. The van der Waals surface area contributed by atoms with E-state index in [-0.39, 0.29) is 12.4 Å². The van der Waals surface area contributed by atoms with Crippen LogP contribution in [0.15, 0.2) is 39.5 Å². The molecule has 1 aliphatic rings. The molecule has 0 bridgehead atoms. The molecule has 0 unspecified atom stereocenters. The van der Waals surface area contributed by atoms with Gasteiger partial charge in [-0.2, -0.15) is 0 Å².